The summed E-state index contributed by atoms with van der Waals surface area (Å²) in [5.74, 6) is 0.306. The van der Waals surface area contributed by atoms with E-state index in [1.165, 1.54) is 0 Å². The standard InChI is InChI=1S/C36H32N4O4/c1-3-5-18-40(19-8-11-29(41)42-4-2)24-16-17-26-28(20-24)43-34-31(26)30-25-9-6-7-10-27(25)38-32(30)35-33(34)39-36(44-35)23-14-12-22(21-37)13-15-23/h6-7,9-10,12-17,20,38H,3-5,8,11,18-19H2,1-2H3. The molecule has 0 unspecified atom stereocenters. The van der Waals surface area contributed by atoms with Crippen molar-refractivity contribution >= 4 is 66.5 Å². The van der Waals surface area contributed by atoms with Gasteiger partial charge in [-0.2, -0.15) is 5.26 Å². The predicted molar refractivity (Wildman–Crippen MR) is 174 cm³/mol. The van der Waals surface area contributed by atoms with Crippen LogP contribution in [-0.2, 0) is 9.53 Å². The predicted octanol–water partition coefficient (Wildman–Crippen LogP) is 8.85. The smallest absolute Gasteiger partial charge is 0.305 e. The van der Waals surface area contributed by atoms with Gasteiger partial charge in [0.05, 0.1) is 23.8 Å². The van der Waals surface area contributed by atoms with Crippen LogP contribution < -0.4 is 4.90 Å². The Morgan fingerprint density at radius 2 is 1.77 bits per heavy atom. The molecule has 3 heterocycles. The normalized spacial score (nSPS) is 11.7. The van der Waals surface area contributed by atoms with E-state index in [1.54, 1.807) is 12.1 Å². The monoisotopic (exact) mass is 584 g/mol. The maximum absolute atomic E-state index is 12.0. The van der Waals surface area contributed by atoms with Gasteiger partial charge in [-0.25, -0.2) is 4.98 Å². The Kier molecular flexibility index (Phi) is 7.15. The maximum Gasteiger partial charge on any atom is 0.305 e. The first-order chi connectivity index (χ1) is 21.6. The Hall–Kier alpha value is -5.29. The van der Waals surface area contributed by atoms with Gasteiger partial charge in [0.15, 0.2) is 16.7 Å². The van der Waals surface area contributed by atoms with Gasteiger partial charge in [0.2, 0.25) is 5.89 Å². The van der Waals surface area contributed by atoms with Crippen molar-refractivity contribution in [3.63, 3.8) is 0 Å². The molecule has 7 rings (SSSR count). The Morgan fingerprint density at radius 3 is 2.57 bits per heavy atom. The van der Waals surface area contributed by atoms with E-state index in [4.69, 9.17) is 18.6 Å². The summed E-state index contributed by atoms with van der Waals surface area (Å²) in [5, 5.41) is 13.4. The van der Waals surface area contributed by atoms with Crippen LogP contribution in [0.1, 0.15) is 45.1 Å². The van der Waals surface area contributed by atoms with E-state index in [-0.39, 0.29) is 5.97 Å². The number of unbranched alkanes of at least 4 members (excludes halogenated alkanes) is 1. The molecule has 0 saturated heterocycles. The lowest BCUT2D eigenvalue weighted by Crippen LogP contribution is -2.26. The number of oxazole rings is 1. The fraction of sp³-hybridized carbons (Fsp3) is 0.250. The molecule has 220 valence electrons. The maximum atomic E-state index is 12.0. The van der Waals surface area contributed by atoms with Gasteiger partial charge < -0.3 is 23.5 Å². The quantitative estimate of drug-likeness (QED) is 0.160. The molecular formula is C36H32N4O4. The summed E-state index contributed by atoms with van der Waals surface area (Å²) in [6, 6.07) is 24.0. The van der Waals surface area contributed by atoms with Gasteiger partial charge in [0, 0.05) is 63.9 Å². The van der Waals surface area contributed by atoms with Gasteiger partial charge in [0.25, 0.3) is 0 Å². The lowest BCUT2D eigenvalue weighted by Gasteiger charge is -2.24. The number of furan rings is 1. The number of esters is 1. The van der Waals surface area contributed by atoms with Crippen molar-refractivity contribution in [3.8, 4) is 17.5 Å². The summed E-state index contributed by atoms with van der Waals surface area (Å²) in [5.41, 5.74) is 7.01. The number of hydrogen-bond donors (Lipinski definition) is 1. The molecule has 4 aromatic carbocycles. The van der Waals surface area contributed by atoms with Crippen LogP contribution in [0.5, 0.6) is 0 Å². The molecule has 0 bridgehead atoms. The lowest BCUT2D eigenvalue weighted by molar-refractivity contribution is -0.143. The van der Waals surface area contributed by atoms with Crippen molar-refractivity contribution in [2.24, 2.45) is 0 Å². The minimum Gasteiger partial charge on any atom is -0.466 e. The average Bonchev–Trinajstić information content (AvgIpc) is 3.76. The third-order valence-corrected chi connectivity index (χ3v) is 8.22. The third-order valence-electron chi connectivity index (χ3n) is 8.22. The molecule has 0 aliphatic rings. The minimum absolute atomic E-state index is 0.157. The number of nitriles is 1. The van der Waals surface area contributed by atoms with E-state index in [9.17, 15) is 10.1 Å². The van der Waals surface area contributed by atoms with Crippen LogP contribution in [0.3, 0.4) is 0 Å². The number of anilines is 1. The largest absolute Gasteiger partial charge is 0.466 e. The van der Waals surface area contributed by atoms with Gasteiger partial charge in [-0.15, -0.1) is 0 Å². The first-order valence-electron chi connectivity index (χ1n) is 15.2. The molecule has 7 aromatic rings. The number of nitrogens with one attached hydrogen (secondary N) is 1. The Labute approximate surface area is 253 Å². The highest BCUT2D eigenvalue weighted by atomic mass is 16.5. The highest BCUT2D eigenvalue weighted by Crippen LogP contribution is 2.45. The molecule has 8 nitrogen and oxygen atoms in total. The van der Waals surface area contributed by atoms with Crippen molar-refractivity contribution in [3.05, 3.63) is 72.3 Å². The number of benzene rings is 4. The number of aromatic amines is 1. The molecule has 0 saturated carbocycles. The molecule has 0 atom stereocenters. The minimum atomic E-state index is -0.157. The lowest BCUT2D eigenvalue weighted by atomic mass is 10.0. The first-order valence-corrected chi connectivity index (χ1v) is 15.2. The van der Waals surface area contributed by atoms with E-state index >= 15 is 0 Å². The average molecular weight is 585 g/mol. The molecule has 0 fully saturated rings. The number of para-hydroxylation sites is 1. The Morgan fingerprint density at radius 1 is 0.955 bits per heavy atom. The number of carbonyl (C=O) groups excluding carboxylic acids is 1. The highest BCUT2D eigenvalue weighted by Gasteiger charge is 2.24. The molecule has 0 aliphatic heterocycles. The fourth-order valence-corrected chi connectivity index (χ4v) is 6.09. The number of carbonyl (C=O) groups is 1. The Bertz CT molecular complexity index is 2200. The number of aromatic nitrogens is 2. The van der Waals surface area contributed by atoms with Crippen molar-refractivity contribution in [1.82, 2.24) is 9.97 Å². The molecule has 8 heteroatoms. The summed E-state index contributed by atoms with van der Waals surface area (Å²) < 4.78 is 18.2. The molecule has 3 aromatic heterocycles. The Balaban J connectivity index is 1.40. The third kappa shape index (κ3) is 4.71. The number of hydrogen-bond acceptors (Lipinski definition) is 7. The molecule has 44 heavy (non-hydrogen) atoms. The number of fused-ring (bicyclic) bond motifs is 10. The van der Waals surface area contributed by atoms with Crippen LogP contribution in [0.2, 0.25) is 0 Å². The van der Waals surface area contributed by atoms with Crippen molar-refractivity contribution < 1.29 is 18.4 Å². The van der Waals surface area contributed by atoms with Gasteiger partial charge in [-0.1, -0.05) is 31.5 Å². The second-order valence-electron chi connectivity index (χ2n) is 11.0. The summed E-state index contributed by atoms with van der Waals surface area (Å²) in [4.78, 5) is 22.8. The van der Waals surface area contributed by atoms with Crippen molar-refractivity contribution in [2.75, 3.05) is 24.6 Å². The van der Waals surface area contributed by atoms with Crippen molar-refractivity contribution in [1.29, 1.82) is 5.26 Å². The summed E-state index contributed by atoms with van der Waals surface area (Å²) >= 11 is 0. The van der Waals surface area contributed by atoms with Gasteiger partial charge >= 0.3 is 5.97 Å². The summed E-state index contributed by atoms with van der Waals surface area (Å²) in [6.45, 7) is 6.05. The SMILES string of the molecule is CCCCN(CCCC(=O)OCC)c1ccc2c(c1)oc1c3nc(-c4ccc(C#N)cc4)oc3c3[nH]c4ccccc4c3c21. The second kappa shape index (κ2) is 11.4. The molecule has 0 radical (unpaired) electrons. The summed E-state index contributed by atoms with van der Waals surface area (Å²) in [7, 11) is 0. The van der Waals surface area contributed by atoms with E-state index in [0.717, 1.165) is 75.3 Å². The molecule has 0 aliphatic carbocycles. The van der Waals surface area contributed by atoms with E-state index < -0.39 is 0 Å². The topological polar surface area (TPSA) is 108 Å². The number of ether oxygens (including phenoxy) is 1. The highest BCUT2D eigenvalue weighted by molar-refractivity contribution is 6.34. The fourth-order valence-electron chi connectivity index (χ4n) is 6.09. The van der Waals surface area contributed by atoms with Gasteiger partial charge in [-0.3, -0.25) is 4.79 Å². The number of H-pyrrole nitrogens is 1. The van der Waals surface area contributed by atoms with Gasteiger partial charge in [0.1, 0.15) is 5.58 Å². The zero-order valence-corrected chi connectivity index (χ0v) is 24.8. The van der Waals surface area contributed by atoms with Crippen LogP contribution >= 0.6 is 0 Å². The zero-order valence-electron chi connectivity index (χ0n) is 24.8. The van der Waals surface area contributed by atoms with Crippen molar-refractivity contribution in [2.45, 2.75) is 39.5 Å². The number of rotatable bonds is 10. The molecule has 1 N–H and O–H groups in total. The van der Waals surface area contributed by atoms with Crippen LogP contribution in [0, 0.1) is 11.3 Å². The second-order valence-corrected chi connectivity index (χ2v) is 11.0. The van der Waals surface area contributed by atoms with E-state index in [2.05, 4.69) is 53.2 Å². The van der Waals surface area contributed by atoms with E-state index in [1.807, 2.05) is 31.2 Å². The molecular weight excluding hydrogens is 552 g/mol. The summed E-state index contributed by atoms with van der Waals surface area (Å²) in [6.07, 6.45) is 3.23. The number of nitrogens with zero attached hydrogens (tertiary/aromatic N) is 3. The van der Waals surface area contributed by atoms with Gasteiger partial charge in [-0.05, 0) is 62.2 Å². The zero-order chi connectivity index (χ0) is 30.2. The first kappa shape index (κ1) is 27.5. The van der Waals surface area contributed by atoms with E-state index in [0.29, 0.717) is 47.6 Å². The van der Waals surface area contributed by atoms with Crippen LogP contribution in [-0.4, -0.2) is 35.6 Å². The molecule has 0 amide bonds. The van der Waals surface area contributed by atoms with Crippen LogP contribution in [0.25, 0.3) is 66.3 Å². The van der Waals surface area contributed by atoms with Crippen LogP contribution in [0.15, 0.2) is 75.6 Å². The molecule has 0 spiro atoms. The van der Waals surface area contributed by atoms with Crippen LogP contribution in [0.4, 0.5) is 5.69 Å².